The van der Waals surface area contributed by atoms with E-state index in [1.807, 2.05) is 18.2 Å². The molecule has 3 heteroatoms. The van der Waals surface area contributed by atoms with E-state index in [4.69, 9.17) is 4.74 Å². The highest BCUT2D eigenvalue weighted by molar-refractivity contribution is 5.35. The number of hydrogen-bond acceptors (Lipinski definition) is 3. The molecule has 38 heavy (non-hydrogen) atoms. The molecule has 1 heterocycles. The lowest BCUT2D eigenvalue weighted by Gasteiger charge is -2.35. The van der Waals surface area contributed by atoms with E-state index in [1.54, 1.807) is 0 Å². The zero-order valence-electron chi connectivity index (χ0n) is 23.9. The van der Waals surface area contributed by atoms with Crippen molar-refractivity contribution in [3.8, 4) is 11.5 Å². The quantitative estimate of drug-likeness (QED) is 0.235. The van der Waals surface area contributed by atoms with Crippen molar-refractivity contribution in [2.45, 2.75) is 78.3 Å². The van der Waals surface area contributed by atoms with Gasteiger partial charge in [0, 0.05) is 19.1 Å². The summed E-state index contributed by atoms with van der Waals surface area (Å²) in [4.78, 5) is 2.70. The highest BCUT2D eigenvalue weighted by atomic mass is 16.5. The third kappa shape index (κ3) is 9.60. The molecule has 1 unspecified atom stereocenters. The minimum Gasteiger partial charge on any atom is -0.457 e. The predicted molar refractivity (Wildman–Crippen MR) is 161 cm³/mol. The molecule has 0 amide bonds. The molecule has 0 bridgehead atoms. The third-order valence-corrected chi connectivity index (χ3v) is 8.02. The molecule has 0 spiro atoms. The fraction of sp³-hybridized carbons (Fsp3) is 0.486. The van der Waals surface area contributed by atoms with Gasteiger partial charge in [-0.3, -0.25) is 0 Å². The molecule has 1 N–H and O–H groups in total. The summed E-state index contributed by atoms with van der Waals surface area (Å²) in [7, 11) is 0. The molecule has 3 aromatic carbocycles. The maximum atomic E-state index is 6.15. The first-order chi connectivity index (χ1) is 18.6. The Balaban J connectivity index is 1.32. The Bertz CT molecular complexity index is 1070. The van der Waals surface area contributed by atoms with Crippen molar-refractivity contribution in [1.29, 1.82) is 0 Å². The summed E-state index contributed by atoms with van der Waals surface area (Å²) in [5, 5.41) is 3.90. The van der Waals surface area contributed by atoms with Crippen LogP contribution in [0.15, 0.2) is 78.9 Å². The monoisotopic (exact) mass is 512 g/mol. The first kappa shape index (κ1) is 28.4. The maximum absolute atomic E-state index is 6.15. The van der Waals surface area contributed by atoms with Crippen LogP contribution < -0.4 is 10.1 Å². The number of nitrogens with one attached hydrogen (secondary N) is 1. The van der Waals surface area contributed by atoms with Crippen molar-refractivity contribution in [1.82, 2.24) is 10.2 Å². The van der Waals surface area contributed by atoms with Crippen molar-refractivity contribution in [3.05, 3.63) is 95.6 Å². The number of rotatable bonds is 14. The predicted octanol–water partition coefficient (Wildman–Crippen LogP) is 8.42. The molecule has 2 atom stereocenters. The van der Waals surface area contributed by atoms with Crippen LogP contribution in [-0.4, -0.2) is 30.6 Å². The Kier molecular flexibility index (Phi) is 11.3. The smallest absolute Gasteiger partial charge is 0.127 e. The number of benzene rings is 3. The standard InChI is InChI=1S/C35H48N2O/c1-4-5-11-28(2)22-31-18-20-37(21-19-31)27-33(24-30-13-7-6-8-14-30)36-26-32-15-10-17-35(25-32)38-34-16-9-12-29(3)23-34/h6-10,12-17,23,25,28,31,33,36H,4-5,11,18-22,24,26-27H2,1-3H3/t28?,33-/m0/s1. The Morgan fingerprint density at radius 3 is 2.34 bits per heavy atom. The number of aryl methyl sites for hydroxylation is 1. The largest absolute Gasteiger partial charge is 0.457 e. The molecule has 1 aliphatic heterocycles. The second-order valence-corrected chi connectivity index (χ2v) is 11.6. The summed E-state index contributed by atoms with van der Waals surface area (Å²) < 4.78 is 6.15. The number of piperidine rings is 1. The van der Waals surface area contributed by atoms with E-state index >= 15 is 0 Å². The van der Waals surface area contributed by atoms with Gasteiger partial charge in [-0.2, -0.15) is 0 Å². The van der Waals surface area contributed by atoms with Gasteiger partial charge < -0.3 is 15.0 Å². The first-order valence-corrected chi connectivity index (χ1v) is 14.9. The topological polar surface area (TPSA) is 24.5 Å². The summed E-state index contributed by atoms with van der Waals surface area (Å²) >= 11 is 0. The van der Waals surface area contributed by atoms with Crippen LogP contribution in [0, 0.1) is 18.8 Å². The van der Waals surface area contributed by atoms with Crippen LogP contribution >= 0.6 is 0 Å². The maximum Gasteiger partial charge on any atom is 0.127 e. The van der Waals surface area contributed by atoms with E-state index < -0.39 is 0 Å². The summed E-state index contributed by atoms with van der Waals surface area (Å²) in [5.74, 6) is 3.57. The van der Waals surface area contributed by atoms with Gasteiger partial charge >= 0.3 is 0 Å². The van der Waals surface area contributed by atoms with Crippen LogP contribution in [0.3, 0.4) is 0 Å². The number of nitrogens with zero attached hydrogens (tertiary/aromatic N) is 1. The molecule has 0 aromatic heterocycles. The van der Waals surface area contributed by atoms with Crippen LogP contribution in [-0.2, 0) is 13.0 Å². The van der Waals surface area contributed by atoms with E-state index in [0.29, 0.717) is 6.04 Å². The second kappa shape index (κ2) is 15.1. The Labute approximate surface area is 231 Å². The van der Waals surface area contributed by atoms with Crippen LogP contribution in [0.5, 0.6) is 11.5 Å². The van der Waals surface area contributed by atoms with Gasteiger partial charge in [-0.15, -0.1) is 0 Å². The summed E-state index contributed by atoms with van der Waals surface area (Å²) in [6.45, 7) is 11.3. The molecule has 3 nitrogen and oxygen atoms in total. The number of ether oxygens (including phenoxy) is 1. The molecular formula is C35H48N2O. The molecule has 204 valence electrons. The lowest BCUT2D eigenvalue weighted by molar-refractivity contribution is 0.153. The number of hydrogen-bond donors (Lipinski definition) is 1. The Morgan fingerprint density at radius 2 is 1.61 bits per heavy atom. The van der Waals surface area contributed by atoms with E-state index in [2.05, 4.69) is 91.7 Å². The lowest BCUT2D eigenvalue weighted by Crippen LogP contribution is -2.45. The molecule has 0 aliphatic carbocycles. The van der Waals surface area contributed by atoms with Crippen molar-refractivity contribution in [2.75, 3.05) is 19.6 Å². The minimum atomic E-state index is 0.416. The van der Waals surface area contributed by atoms with E-state index in [9.17, 15) is 0 Å². The van der Waals surface area contributed by atoms with Gasteiger partial charge in [0.15, 0.2) is 0 Å². The number of likely N-dealkylation sites (tertiary alicyclic amines) is 1. The van der Waals surface area contributed by atoms with E-state index in [1.165, 1.54) is 68.3 Å². The molecule has 0 saturated carbocycles. The summed E-state index contributed by atoms with van der Waals surface area (Å²) in [6, 6.07) is 28.1. The Hall–Kier alpha value is -2.62. The van der Waals surface area contributed by atoms with Crippen molar-refractivity contribution in [3.63, 3.8) is 0 Å². The average Bonchev–Trinajstić information content (AvgIpc) is 2.92. The Morgan fingerprint density at radius 1 is 0.895 bits per heavy atom. The van der Waals surface area contributed by atoms with Gasteiger partial charge in [0.05, 0.1) is 0 Å². The van der Waals surface area contributed by atoms with Crippen LogP contribution in [0.4, 0.5) is 0 Å². The molecule has 1 aliphatic rings. The van der Waals surface area contributed by atoms with Crippen molar-refractivity contribution in [2.24, 2.45) is 11.8 Å². The fourth-order valence-corrected chi connectivity index (χ4v) is 5.85. The van der Waals surface area contributed by atoms with Gasteiger partial charge in [0.1, 0.15) is 11.5 Å². The number of unbranched alkanes of at least 4 members (excludes halogenated alkanes) is 1. The van der Waals surface area contributed by atoms with Crippen molar-refractivity contribution >= 4 is 0 Å². The lowest BCUT2D eigenvalue weighted by atomic mass is 9.86. The zero-order valence-corrected chi connectivity index (χ0v) is 23.9. The first-order valence-electron chi connectivity index (χ1n) is 14.9. The van der Waals surface area contributed by atoms with Crippen molar-refractivity contribution < 1.29 is 4.74 Å². The molecular weight excluding hydrogens is 464 g/mol. The van der Waals surface area contributed by atoms with Crippen LogP contribution in [0.2, 0.25) is 0 Å². The van der Waals surface area contributed by atoms with Gasteiger partial charge in [-0.25, -0.2) is 0 Å². The molecule has 3 aromatic rings. The van der Waals surface area contributed by atoms with Gasteiger partial charge in [0.2, 0.25) is 0 Å². The molecule has 4 rings (SSSR count). The molecule has 1 fully saturated rings. The normalized spacial score (nSPS) is 16.3. The summed E-state index contributed by atoms with van der Waals surface area (Å²) in [6.07, 6.45) is 9.28. The highest BCUT2D eigenvalue weighted by Gasteiger charge is 2.23. The fourth-order valence-electron chi connectivity index (χ4n) is 5.85. The van der Waals surface area contributed by atoms with Crippen LogP contribution in [0.1, 0.15) is 69.1 Å². The van der Waals surface area contributed by atoms with Gasteiger partial charge in [0.25, 0.3) is 0 Å². The zero-order chi connectivity index (χ0) is 26.6. The van der Waals surface area contributed by atoms with E-state index in [-0.39, 0.29) is 0 Å². The van der Waals surface area contributed by atoms with Gasteiger partial charge in [-0.05, 0) is 98.5 Å². The minimum absolute atomic E-state index is 0.416. The average molecular weight is 513 g/mol. The third-order valence-electron chi connectivity index (χ3n) is 8.02. The van der Waals surface area contributed by atoms with E-state index in [0.717, 1.165) is 42.8 Å². The van der Waals surface area contributed by atoms with Gasteiger partial charge in [-0.1, -0.05) is 87.7 Å². The summed E-state index contributed by atoms with van der Waals surface area (Å²) in [5.41, 5.74) is 3.87. The SMILES string of the molecule is CCCCC(C)CC1CCN(C[C@H](Cc2ccccc2)NCc2cccc(Oc3cccc(C)c3)c2)CC1. The van der Waals surface area contributed by atoms with Crippen LogP contribution in [0.25, 0.3) is 0 Å². The highest BCUT2D eigenvalue weighted by Crippen LogP contribution is 2.27. The molecule has 1 saturated heterocycles. The second-order valence-electron chi connectivity index (χ2n) is 11.6. The molecule has 0 radical (unpaired) electrons.